The highest BCUT2D eigenvalue weighted by atomic mass is 16.5. The molecule has 0 aliphatic rings. The molecule has 0 saturated heterocycles. The molecule has 3 N–H and O–H groups in total. The van der Waals surface area contributed by atoms with Gasteiger partial charge in [0.05, 0.1) is 18.7 Å². The number of ether oxygens (including phenoxy) is 1. The quantitative estimate of drug-likeness (QED) is 0.689. The van der Waals surface area contributed by atoms with Gasteiger partial charge >= 0.3 is 0 Å². The summed E-state index contributed by atoms with van der Waals surface area (Å²) in [6.07, 6.45) is 4.78. The van der Waals surface area contributed by atoms with Crippen molar-refractivity contribution in [3.8, 4) is 5.75 Å². The van der Waals surface area contributed by atoms with Crippen LogP contribution in [0.2, 0.25) is 0 Å². The Morgan fingerprint density at radius 1 is 1.29 bits per heavy atom. The van der Waals surface area contributed by atoms with E-state index in [1.165, 1.54) is 6.26 Å². The molecule has 0 atom stereocenters. The number of unbranched alkanes of at least 4 members (excludes halogenated alkanes) is 2. The van der Waals surface area contributed by atoms with Gasteiger partial charge in [-0.25, -0.2) is 0 Å². The van der Waals surface area contributed by atoms with Crippen LogP contribution in [0.4, 0.5) is 0 Å². The van der Waals surface area contributed by atoms with Crippen molar-refractivity contribution in [1.29, 1.82) is 0 Å². The standard InChI is InChI=1S/C19H26N2O3/c1-3-4-5-8-23-18-9-14(2)6-7-15(18)12-21-19(22)16-10-17(11-20)24-13-16/h6-7,9-10,13H,3-5,8,11-12,20H2,1-2H3,(H,21,22). The van der Waals surface area contributed by atoms with Gasteiger partial charge in [-0.1, -0.05) is 31.9 Å². The van der Waals surface area contributed by atoms with E-state index < -0.39 is 0 Å². The van der Waals surface area contributed by atoms with E-state index in [0.717, 1.165) is 36.1 Å². The lowest BCUT2D eigenvalue weighted by atomic mass is 10.1. The van der Waals surface area contributed by atoms with Gasteiger partial charge in [-0.15, -0.1) is 0 Å². The van der Waals surface area contributed by atoms with Crippen molar-refractivity contribution in [3.63, 3.8) is 0 Å². The number of nitrogens with one attached hydrogen (secondary N) is 1. The number of carbonyl (C=O) groups excluding carboxylic acids is 1. The molecule has 0 aliphatic heterocycles. The molecule has 5 nitrogen and oxygen atoms in total. The van der Waals surface area contributed by atoms with Crippen molar-refractivity contribution in [1.82, 2.24) is 5.32 Å². The van der Waals surface area contributed by atoms with Crippen LogP contribution in [0, 0.1) is 6.92 Å². The number of benzene rings is 1. The molecule has 5 heteroatoms. The highest BCUT2D eigenvalue weighted by Crippen LogP contribution is 2.21. The zero-order valence-corrected chi connectivity index (χ0v) is 14.4. The topological polar surface area (TPSA) is 77.5 Å². The first kappa shape index (κ1) is 18.1. The van der Waals surface area contributed by atoms with Crippen molar-refractivity contribution in [2.45, 2.75) is 46.2 Å². The summed E-state index contributed by atoms with van der Waals surface area (Å²) in [4.78, 5) is 12.2. The normalized spacial score (nSPS) is 10.6. The molecule has 1 heterocycles. The van der Waals surface area contributed by atoms with Crippen molar-refractivity contribution in [2.75, 3.05) is 6.61 Å². The van der Waals surface area contributed by atoms with Crippen LogP contribution in [-0.2, 0) is 13.1 Å². The number of amides is 1. The zero-order valence-electron chi connectivity index (χ0n) is 14.4. The van der Waals surface area contributed by atoms with Gasteiger partial charge in [-0.05, 0) is 31.0 Å². The van der Waals surface area contributed by atoms with Crippen LogP contribution >= 0.6 is 0 Å². The number of nitrogens with two attached hydrogens (primary N) is 1. The van der Waals surface area contributed by atoms with Crippen LogP contribution < -0.4 is 15.8 Å². The third-order valence-electron chi connectivity index (χ3n) is 3.78. The van der Waals surface area contributed by atoms with Crippen LogP contribution in [0.15, 0.2) is 34.9 Å². The first-order chi connectivity index (χ1) is 11.6. The monoisotopic (exact) mass is 330 g/mol. The minimum atomic E-state index is -0.184. The van der Waals surface area contributed by atoms with Gasteiger partial charge < -0.3 is 20.2 Å². The van der Waals surface area contributed by atoms with E-state index in [1.807, 2.05) is 25.1 Å². The van der Waals surface area contributed by atoms with Gasteiger partial charge in [0.25, 0.3) is 5.91 Å². The van der Waals surface area contributed by atoms with E-state index in [2.05, 4.69) is 12.2 Å². The van der Waals surface area contributed by atoms with Crippen molar-refractivity contribution in [2.24, 2.45) is 5.73 Å². The molecule has 2 aromatic rings. The molecule has 24 heavy (non-hydrogen) atoms. The van der Waals surface area contributed by atoms with Crippen molar-refractivity contribution >= 4 is 5.91 Å². The Morgan fingerprint density at radius 2 is 2.12 bits per heavy atom. The highest BCUT2D eigenvalue weighted by Gasteiger charge is 2.11. The summed E-state index contributed by atoms with van der Waals surface area (Å²) in [7, 11) is 0. The third-order valence-corrected chi connectivity index (χ3v) is 3.78. The van der Waals surface area contributed by atoms with Crippen molar-refractivity contribution < 1.29 is 13.9 Å². The average molecular weight is 330 g/mol. The van der Waals surface area contributed by atoms with Crippen LogP contribution in [0.25, 0.3) is 0 Å². The largest absolute Gasteiger partial charge is 0.493 e. The molecule has 1 aromatic heterocycles. The first-order valence-corrected chi connectivity index (χ1v) is 8.42. The maximum Gasteiger partial charge on any atom is 0.254 e. The van der Waals surface area contributed by atoms with E-state index >= 15 is 0 Å². The van der Waals surface area contributed by atoms with E-state index in [0.29, 0.717) is 24.5 Å². The molecule has 130 valence electrons. The van der Waals surface area contributed by atoms with Gasteiger partial charge in [0.2, 0.25) is 0 Å². The Balaban J connectivity index is 1.96. The summed E-state index contributed by atoms with van der Waals surface area (Å²) in [6.45, 7) is 5.58. The second-order valence-corrected chi connectivity index (χ2v) is 5.86. The smallest absolute Gasteiger partial charge is 0.254 e. The summed E-state index contributed by atoms with van der Waals surface area (Å²) in [5.41, 5.74) is 8.07. The second kappa shape index (κ2) is 9.13. The lowest BCUT2D eigenvalue weighted by Gasteiger charge is -2.13. The van der Waals surface area contributed by atoms with Crippen LogP contribution in [0.5, 0.6) is 5.75 Å². The maximum atomic E-state index is 12.2. The molecule has 0 aliphatic carbocycles. The average Bonchev–Trinajstić information content (AvgIpc) is 3.07. The van der Waals surface area contributed by atoms with Crippen molar-refractivity contribution in [3.05, 3.63) is 53.0 Å². The summed E-state index contributed by atoms with van der Waals surface area (Å²) in [6, 6.07) is 7.68. The number of hydrogen-bond acceptors (Lipinski definition) is 4. The van der Waals surface area contributed by atoms with E-state index in [1.54, 1.807) is 6.07 Å². The molecule has 1 aromatic carbocycles. The van der Waals surface area contributed by atoms with E-state index in [4.69, 9.17) is 14.9 Å². The fourth-order valence-electron chi connectivity index (χ4n) is 2.36. The summed E-state index contributed by atoms with van der Waals surface area (Å²) < 4.78 is 11.1. The highest BCUT2D eigenvalue weighted by molar-refractivity contribution is 5.93. The van der Waals surface area contributed by atoms with Gasteiger partial charge in [0.1, 0.15) is 17.8 Å². The third kappa shape index (κ3) is 5.13. The fraction of sp³-hybridized carbons (Fsp3) is 0.421. The van der Waals surface area contributed by atoms with Gasteiger partial charge in [0.15, 0.2) is 0 Å². The molecule has 0 spiro atoms. The number of aryl methyl sites for hydroxylation is 1. The second-order valence-electron chi connectivity index (χ2n) is 5.86. The predicted octanol–water partition coefficient (Wildman–Crippen LogP) is 3.55. The zero-order chi connectivity index (χ0) is 17.4. The molecule has 0 unspecified atom stereocenters. The molecule has 1 amide bonds. The first-order valence-electron chi connectivity index (χ1n) is 8.42. The van der Waals surface area contributed by atoms with Gasteiger partial charge in [0, 0.05) is 12.1 Å². The Morgan fingerprint density at radius 3 is 2.83 bits per heavy atom. The molecular formula is C19H26N2O3. The van der Waals surface area contributed by atoms with Gasteiger partial charge in [-0.2, -0.15) is 0 Å². The van der Waals surface area contributed by atoms with Gasteiger partial charge in [-0.3, -0.25) is 4.79 Å². The maximum absolute atomic E-state index is 12.2. The van der Waals surface area contributed by atoms with Crippen LogP contribution in [-0.4, -0.2) is 12.5 Å². The number of carbonyl (C=O) groups is 1. The summed E-state index contributed by atoms with van der Waals surface area (Å²) >= 11 is 0. The molecular weight excluding hydrogens is 304 g/mol. The predicted molar refractivity (Wildman–Crippen MR) is 94.0 cm³/mol. The molecule has 0 bridgehead atoms. The lowest BCUT2D eigenvalue weighted by Crippen LogP contribution is -2.22. The molecule has 0 radical (unpaired) electrons. The number of rotatable bonds is 9. The van der Waals surface area contributed by atoms with E-state index in [-0.39, 0.29) is 12.5 Å². The summed E-state index contributed by atoms with van der Waals surface area (Å²) in [5, 5.41) is 2.89. The Labute approximate surface area is 143 Å². The Hall–Kier alpha value is -2.27. The SMILES string of the molecule is CCCCCOc1cc(C)ccc1CNC(=O)c1coc(CN)c1. The summed E-state index contributed by atoms with van der Waals surface area (Å²) in [5.74, 6) is 1.24. The Bertz CT molecular complexity index is 664. The van der Waals surface area contributed by atoms with E-state index in [9.17, 15) is 4.79 Å². The van der Waals surface area contributed by atoms with Crippen LogP contribution in [0.1, 0.15) is 53.4 Å². The molecule has 2 rings (SSSR count). The molecule has 0 saturated carbocycles. The fourth-order valence-corrected chi connectivity index (χ4v) is 2.36. The Kier molecular flexibility index (Phi) is 6.88. The minimum absolute atomic E-state index is 0.184. The van der Waals surface area contributed by atoms with Crippen LogP contribution in [0.3, 0.4) is 0 Å². The minimum Gasteiger partial charge on any atom is -0.493 e. The number of furan rings is 1. The lowest BCUT2D eigenvalue weighted by molar-refractivity contribution is 0.0950. The number of hydrogen-bond donors (Lipinski definition) is 2. The molecule has 0 fully saturated rings.